The van der Waals surface area contributed by atoms with Gasteiger partial charge in [-0.1, -0.05) is 6.07 Å². The third-order valence-corrected chi connectivity index (χ3v) is 4.63. The minimum absolute atomic E-state index is 0.0647. The molecule has 26 heavy (non-hydrogen) atoms. The molecule has 0 saturated carbocycles. The second-order valence-electron chi connectivity index (χ2n) is 6.46. The van der Waals surface area contributed by atoms with Gasteiger partial charge in [-0.2, -0.15) is 0 Å². The van der Waals surface area contributed by atoms with Crippen LogP contribution in [0.15, 0.2) is 23.6 Å². The minimum Gasteiger partial charge on any atom is -0.493 e. The molecule has 0 radical (unpaired) electrons. The number of hydrogen-bond donors (Lipinski definition) is 1. The zero-order valence-electron chi connectivity index (χ0n) is 16.2. The molecular formula is C19H27N3O3S. The van der Waals surface area contributed by atoms with Crippen LogP contribution in [0, 0.1) is 6.92 Å². The van der Waals surface area contributed by atoms with Crippen LogP contribution >= 0.6 is 11.3 Å². The van der Waals surface area contributed by atoms with Crippen LogP contribution in [0.2, 0.25) is 0 Å². The van der Waals surface area contributed by atoms with Crippen molar-refractivity contribution < 1.29 is 14.3 Å². The Morgan fingerprint density at radius 3 is 2.62 bits per heavy atom. The van der Waals surface area contributed by atoms with Gasteiger partial charge in [0.2, 0.25) is 0 Å². The molecule has 1 N–H and O–H groups in total. The molecule has 2 rings (SSSR count). The molecule has 142 valence electrons. The van der Waals surface area contributed by atoms with E-state index in [9.17, 15) is 4.79 Å². The van der Waals surface area contributed by atoms with E-state index in [4.69, 9.17) is 9.47 Å². The highest BCUT2D eigenvalue weighted by atomic mass is 32.1. The predicted molar refractivity (Wildman–Crippen MR) is 104 cm³/mol. The van der Waals surface area contributed by atoms with E-state index in [0.29, 0.717) is 18.0 Å². The van der Waals surface area contributed by atoms with Gasteiger partial charge >= 0.3 is 6.03 Å². The summed E-state index contributed by atoms with van der Waals surface area (Å²) in [6.45, 7) is 8.31. The smallest absolute Gasteiger partial charge is 0.317 e. The molecule has 1 atom stereocenters. The van der Waals surface area contributed by atoms with Gasteiger partial charge in [-0.05, 0) is 45.4 Å². The van der Waals surface area contributed by atoms with Crippen molar-refractivity contribution >= 4 is 17.4 Å². The largest absolute Gasteiger partial charge is 0.493 e. The van der Waals surface area contributed by atoms with Crippen molar-refractivity contribution in [2.45, 2.75) is 46.4 Å². The number of aryl methyl sites for hydroxylation is 1. The second-order valence-corrected chi connectivity index (χ2v) is 7.52. The van der Waals surface area contributed by atoms with Crippen LogP contribution in [0.3, 0.4) is 0 Å². The standard InChI is InChI=1S/C19H27N3O3S/c1-12(2)25-17-8-7-15(9-18(17)24-6)13(3)20-19(23)22(5)10-16-11-26-14(4)21-16/h7-9,11-13H,10H2,1-6H3,(H,20,23)/t13-/m1/s1. The van der Waals surface area contributed by atoms with E-state index < -0.39 is 0 Å². The average molecular weight is 378 g/mol. The fourth-order valence-corrected chi connectivity index (χ4v) is 3.08. The number of urea groups is 1. The topological polar surface area (TPSA) is 63.7 Å². The lowest BCUT2D eigenvalue weighted by atomic mass is 10.1. The molecule has 6 nitrogen and oxygen atoms in total. The van der Waals surface area contributed by atoms with Gasteiger partial charge in [0.05, 0.1) is 36.5 Å². The summed E-state index contributed by atoms with van der Waals surface area (Å²) in [5.41, 5.74) is 1.85. The van der Waals surface area contributed by atoms with Gasteiger partial charge in [-0.25, -0.2) is 9.78 Å². The number of carbonyl (C=O) groups is 1. The van der Waals surface area contributed by atoms with Crippen LogP contribution in [0.25, 0.3) is 0 Å². The average Bonchev–Trinajstić information content (AvgIpc) is 2.99. The number of methoxy groups -OCH3 is 1. The van der Waals surface area contributed by atoms with Crippen LogP contribution in [0.5, 0.6) is 11.5 Å². The lowest BCUT2D eigenvalue weighted by Gasteiger charge is -2.22. The molecule has 2 amide bonds. The maximum Gasteiger partial charge on any atom is 0.317 e. The van der Waals surface area contributed by atoms with Gasteiger partial charge in [-0.3, -0.25) is 0 Å². The number of nitrogens with zero attached hydrogens (tertiary/aromatic N) is 2. The Balaban J connectivity index is 2.01. The SMILES string of the molecule is COc1cc([C@@H](C)NC(=O)N(C)Cc2csc(C)n2)ccc1OC(C)C. The maximum absolute atomic E-state index is 12.4. The van der Waals surface area contributed by atoms with Crippen molar-refractivity contribution in [1.82, 2.24) is 15.2 Å². The highest BCUT2D eigenvalue weighted by molar-refractivity contribution is 7.09. The number of thiazole rings is 1. The summed E-state index contributed by atoms with van der Waals surface area (Å²) in [6, 6.07) is 5.40. The third kappa shape index (κ3) is 5.36. The Morgan fingerprint density at radius 2 is 2.04 bits per heavy atom. The third-order valence-electron chi connectivity index (χ3n) is 3.80. The fourth-order valence-electron chi connectivity index (χ4n) is 2.48. The summed E-state index contributed by atoms with van der Waals surface area (Å²) in [6.07, 6.45) is 0.0647. The number of hydrogen-bond acceptors (Lipinski definition) is 5. The van der Waals surface area contributed by atoms with Gasteiger partial charge in [0, 0.05) is 12.4 Å². The number of rotatable bonds is 7. The number of ether oxygens (including phenoxy) is 2. The highest BCUT2D eigenvalue weighted by Crippen LogP contribution is 2.31. The first-order valence-corrected chi connectivity index (χ1v) is 9.45. The summed E-state index contributed by atoms with van der Waals surface area (Å²) in [7, 11) is 3.37. The first kappa shape index (κ1) is 20.0. The van der Waals surface area contributed by atoms with Gasteiger partial charge < -0.3 is 19.7 Å². The number of carbonyl (C=O) groups excluding carboxylic acids is 1. The highest BCUT2D eigenvalue weighted by Gasteiger charge is 2.16. The summed E-state index contributed by atoms with van der Waals surface area (Å²) in [5.74, 6) is 1.35. The summed E-state index contributed by atoms with van der Waals surface area (Å²) in [4.78, 5) is 18.5. The molecule has 2 aromatic rings. The summed E-state index contributed by atoms with van der Waals surface area (Å²) in [5, 5.41) is 5.97. The van der Waals surface area contributed by atoms with E-state index in [1.165, 1.54) is 0 Å². The Kier molecular flexibility index (Phi) is 6.85. The molecule has 7 heteroatoms. The number of nitrogens with one attached hydrogen (secondary N) is 1. The van der Waals surface area contributed by atoms with Crippen molar-refractivity contribution in [3.63, 3.8) is 0 Å². The summed E-state index contributed by atoms with van der Waals surface area (Å²) < 4.78 is 11.1. The first-order chi connectivity index (χ1) is 12.3. The number of aromatic nitrogens is 1. The van der Waals surface area contributed by atoms with Crippen LogP contribution in [0.4, 0.5) is 4.79 Å². The van der Waals surface area contributed by atoms with Crippen LogP contribution in [-0.4, -0.2) is 36.2 Å². The lowest BCUT2D eigenvalue weighted by Crippen LogP contribution is -2.38. The molecule has 1 aromatic heterocycles. The number of amides is 2. The molecular weight excluding hydrogens is 350 g/mol. The monoisotopic (exact) mass is 377 g/mol. The van der Waals surface area contributed by atoms with E-state index in [1.54, 1.807) is 30.4 Å². The van der Waals surface area contributed by atoms with Gasteiger partial charge in [0.1, 0.15) is 0 Å². The molecule has 0 spiro atoms. The zero-order chi connectivity index (χ0) is 19.3. The summed E-state index contributed by atoms with van der Waals surface area (Å²) >= 11 is 1.58. The Labute approximate surface area is 159 Å². The first-order valence-electron chi connectivity index (χ1n) is 8.57. The second kappa shape index (κ2) is 8.89. The van der Waals surface area contributed by atoms with Crippen molar-refractivity contribution in [3.8, 4) is 11.5 Å². The molecule has 0 bridgehead atoms. The molecule has 0 aliphatic rings. The fraction of sp³-hybridized carbons (Fsp3) is 0.474. The maximum atomic E-state index is 12.4. The van der Waals surface area contributed by atoms with Crippen molar-refractivity contribution in [3.05, 3.63) is 39.8 Å². The van der Waals surface area contributed by atoms with E-state index in [-0.39, 0.29) is 18.2 Å². The van der Waals surface area contributed by atoms with Crippen molar-refractivity contribution in [1.29, 1.82) is 0 Å². The normalized spacial score (nSPS) is 12.0. The van der Waals surface area contributed by atoms with Crippen molar-refractivity contribution in [2.24, 2.45) is 0 Å². The Bertz CT molecular complexity index is 745. The molecule has 0 fully saturated rings. The lowest BCUT2D eigenvalue weighted by molar-refractivity contribution is 0.203. The van der Waals surface area contributed by atoms with Crippen LogP contribution < -0.4 is 14.8 Å². The van der Waals surface area contributed by atoms with E-state index >= 15 is 0 Å². The zero-order valence-corrected chi connectivity index (χ0v) is 17.0. The molecule has 0 aliphatic heterocycles. The quantitative estimate of drug-likeness (QED) is 0.787. The molecule has 0 unspecified atom stereocenters. The molecule has 1 heterocycles. The van der Waals surface area contributed by atoms with E-state index in [1.807, 2.05) is 51.3 Å². The van der Waals surface area contributed by atoms with E-state index in [2.05, 4.69) is 10.3 Å². The Hall–Kier alpha value is -2.28. The van der Waals surface area contributed by atoms with Crippen LogP contribution in [-0.2, 0) is 6.54 Å². The van der Waals surface area contributed by atoms with Crippen molar-refractivity contribution in [2.75, 3.05) is 14.2 Å². The van der Waals surface area contributed by atoms with E-state index in [0.717, 1.165) is 16.3 Å². The number of benzene rings is 1. The minimum atomic E-state index is -0.163. The predicted octanol–water partition coefficient (Wildman–Crippen LogP) is 4.15. The Morgan fingerprint density at radius 1 is 1.31 bits per heavy atom. The van der Waals surface area contributed by atoms with Gasteiger partial charge in [0.25, 0.3) is 0 Å². The molecule has 1 aromatic carbocycles. The molecule has 0 aliphatic carbocycles. The van der Waals surface area contributed by atoms with Gasteiger partial charge in [0.15, 0.2) is 11.5 Å². The molecule has 0 saturated heterocycles. The van der Waals surface area contributed by atoms with Crippen LogP contribution in [0.1, 0.15) is 43.1 Å². The van der Waals surface area contributed by atoms with Gasteiger partial charge in [-0.15, -0.1) is 11.3 Å².